The average Bonchev–Trinajstić information content (AvgIpc) is 2.64. The van der Waals surface area contributed by atoms with Gasteiger partial charge < -0.3 is 4.74 Å². The molecule has 0 radical (unpaired) electrons. The molecule has 0 fully saturated rings. The molecule has 0 atom stereocenters. The van der Waals surface area contributed by atoms with Crippen LogP contribution in [0.25, 0.3) is 11.3 Å². The monoisotopic (exact) mass is 354 g/mol. The predicted molar refractivity (Wildman–Crippen MR) is 96.3 cm³/mol. The van der Waals surface area contributed by atoms with Crippen LogP contribution >= 0.6 is 11.6 Å². The van der Waals surface area contributed by atoms with E-state index in [1.54, 1.807) is 49.6 Å². The smallest absolute Gasteiger partial charge is 0.267 e. The molecule has 1 heterocycles. The van der Waals surface area contributed by atoms with Crippen LogP contribution < -0.4 is 10.3 Å². The second kappa shape index (κ2) is 7.32. The van der Waals surface area contributed by atoms with Crippen LogP contribution in [-0.4, -0.2) is 22.7 Å². The maximum atomic E-state index is 12.4. The highest BCUT2D eigenvalue weighted by Gasteiger charge is 2.10. The van der Waals surface area contributed by atoms with Gasteiger partial charge in [-0.1, -0.05) is 23.7 Å². The third-order valence-corrected chi connectivity index (χ3v) is 3.96. The molecule has 0 unspecified atom stereocenters. The van der Waals surface area contributed by atoms with Crippen LogP contribution in [0.1, 0.15) is 10.4 Å². The zero-order valence-corrected chi connectivity index (χ0v) is 14.2. The topological polar surface area (TPSA) is 61.2 Å². The van der Waals surface area contributed by atoms with Gasteiger partial charge in [0.2, 0.25) is 0 Å². The van der Waals surface area contributed by atoms with E-state index in [2.05, 4.69) is 5.10 Å². The van der Waals surface area contributed by atoms with E-state index in [0.717, 1.165) is 10.2 Å². The molecule has 126 valence electrons. The molecule has 25 heavy (non-hydrogen) atoms. The van der Waals surface area contributed by atoms with E-state index in [1.807, 2.05) is 12.1 Å². The Bertz CT molecular complexity index is 948. The molecule has 5 nitrogen and oxygen atoms in total. The number of halogens is 1. The van der Waals surface area contributed by atoms with Crippen LogP contribution in [0.15, 0.2) is 65.5 Å². The Morgan fingerprint density at radius 3 is 2.36 bits per heavy atom. The number of carbonyl (C=O) groups is 1. The van der Waals surface area contributed by atoms with Crippen molar-refractivity contribution in [3.63, 3.8) is 0 Å². The predicted octanol–water partition coefficient (Wildman–Crippen LogP) is 3.46. The lowest BCUT2D eigenvalue weighted by atomic mass is 10.1. The molecule has 0 saturated carbocycles. The van der Waals surface area contributed by atoms with Crippen molar-refractivity contribution in [1.82, 2.24) is 9.78 Å². The fraction of sp³-hybridized carbons (Fsp3) is 0.105. The third kappa shape index (κ3) is 3.95. The lowest BCUT2D eigenvalue weighted by molar-refractivity contribution is 0.0966. The number of Topliss-reactive ketones (excluding diaryl/α,β-unsaturated/α-hetero) is 1. The van der Waals surface area contributed by atoms with E-state index in [1.165, 1.54) is 6.07 Å². The highest BCUT2D eigenvalue weighted by molar-refractivity contribution is 6.30. The van der Waals surface area contributed by atoms with Gasteiger partial charge in [-0.25, -0.2) is 4.68 Å². The van der Waals surface area contributed by atoms with Gasteiger partial charge >= 0.3 is 0 Å². The summed E-state index contributed by atoms with van der Waals surface area (Å²) in [5, 5.41) is 4.90. The van der Waals surface area contributed by atoms with E-state index in [9.17, 15) is 9.59 Å². The van der Waals surface area contributed by atoms with Crippen LogP contribution in [0.4, 0.5) is 0 Å². The Morgan fingerprint density at radius 1 is 1.04 bits per heavy atom. The number of hydrogen-bond donors (Lipinski definition) is 0. The molecular weight excluding hydrogens is 340 g/mol. The molecule has 0 spiro atoms. The first-order valence-electron chi connectivity index (χ1n) is 7.58. The first-order valence-corrected chi connectivity index (χ1v) is 7.96. The van der Waals surface area contributed by atoms with E-state index in [4.69, 9.17) is 16.3 Å². The van der Waals surface area contributed by atoms with Gasteiger partial charge in [0.25, 0.3) is 5.56 Å². The summed E-state index contributed by atoms with van der Waals surface area (Å²) in [7, 11) is 1.56. The van der Waals surface area contributed by atoms with Crippen LogP contribution in [0, 0.1) is 0 Å². The first-order chi connectivity index (χ1) is 12.1. The lowest BCUT2D eigenvalue weighted by Gasteiger charge is -2.07. The maximum absolute atomic E-state index is 12.4. The minimum absolute atomic E-state index is 0.132. The Morgan fingerprint density at radius 2 is 1.72 bits per heavy atom. The quantitative estimate of drug-likeness (QED) is 0.658. The van der Waals surface area contributed by atoms with Crippen molar-refractivity contribution in [2.24, 2.45) is 0 Å². The van der Waals surface area contributed by atoms with Gasteiger partial charge in [-0.05, 0) is 42.5 Å². The number of nitrogens with zero attached hydrogens (tertiary/aromatic N) is 2. The Labute approximate surface area is 149 Å². The van der Waals surface area contributed by atoms with Crippen LogP contribution in [-0.2, 0) is 6.54 Å². The van der Waals surface area contributed by atoms with Crippen molar-refractivity contribution in [1.29, 1.82) is 0 Å². The van der Waals surface area contributed by atoms with E-state index < -0.39 is 0 Å². The van der Waals surface area contributed by atoms with Crippen molar-refractivity contribution in [3.8, 4) is 17.0 Å². The SMILES string of the molecule is COc1ccc(C(=O)Cn2nc(-c3ccc(Cl)cc3)ccc2=O)cc1. The first kappa shape index (κ1) is 16.9. The van der Waals surface area contributed by atoms with Crippen molar-refractivity contribution in [2.45, 2.75) is 6.54 Å². The number of ether oxygens (including phenoxy) is 1. The molecule has 0 aliphatic rings. The minimum atomic E-state index is -0.334. The summed E-state index contributed by atoms with van der Waals surface area (Å²) < 4.78 is 6.23. The molecule has 0 N–H and O–H groups in total. The van der Waals surface area contributed by atoms with Gasteiger partial charge in [0.05, 0.1) is 12.8 Å². The van der Waals surface area contributed by atoms with E-state index in [0.29, 0.717) is 22.0 Å². The minimum Gasteiger partial charge on any atom is -0.497 e. The number of ketones is 1. The molecule has 0 aliphatic carbocycles. The lowest BCUT2D eigenvalue weighted by Crippen LogP contribution is -2.26. The zero-order valence-electron chi connectivity index (χ0n) is 13.5. The fourth-order valence-electron chi connectivity index (χ4n) is 2.34. The molecule has 3 rings (SSSR count). The number of benzene rings is 2. The van der Waals surface area contributed by atoms with Gasteiger partial charge in [0.1, 0.15) is 12.3 Å². The largest absolute Gasteiger partial charge is 0.497 e. The van der Waals surface area contributed by atoms with Crippen LogP contribution in [0.5, 0.6) is 5.75 Å². The Balaban J connectivity index is 1.86. The van der Waals surface area contributed by atoms with E-state index in [-0.39, 0.29) is 17.9 Å². The van der Waals surface area contributed by atoms with E-state index >= 15 is 0 Å². The summed E-state index contributed by atoms with van der Waals surface area (Å²) in [5.41, 5.74) is 1.57. The second-order valence-corrected chi connectivity index (χ2v) is 5.81. The molecule has 0 aliphatic heterocycles. The third-order valence-electron chi connectivity index (χ3n) is 3.71. The van der Waals surface area contributed by atoms with Gasteiger partial charge in [0.15, 0.2) is 5.78 Å². The summed E-state index contributed by atoms with van der Waals surface area (Å²) in [5.74, 6) is 0.460. The molecule has 6 heteroatoms. The molecule has 0 bridgehead atoms. The van der Waals surface area contributed by atoms with Crippen molar-refractivity contribution >= 4 is 17.4 Å². The van der Waals surface area contributed by atoms with Gasteiger partial charge in [-0.2, -0.15) is 5.10 Å². The number of rotatable bonds is 5. The standard InChI is InChI=1S/C19H15ClN2O3/c1-25-16-8-4-14(5-9-16)18(23)12-22-19(24)11-10-17(21-22)13-2-6-15(20)7-3-13/h2-11H,12H2,1H3. The maximum Gasteiger partial charge on any atom is 0.267 e. The average molecular weight is 355 g/mol. The van der Waals surface area contributed by atoms with Crippen molar-refractivity contribution in [3.05, 3.63) is 81.6 Å². The zero-order chi connectivity index (χ0) is 17.8. The normalized spacial score (nSPS) is 10.5. The summed E-state index contributed by atoms with van der Waals surface area (Å²) in [6.07, 6.45) is 0. The highest BCUT2D eigenvalue weighted by Crippen LogP contribution is 2.18. The number of methoxy groups -OCH3 is 1. The second-order valence-electron chi connectivity index (χ2n) is 5.37. The highest BCUT2D eigenvalue weighted by atomic mass is 35.5. The van der Waals surface area contributed by atoms with Crippen molar-refractivity contribution in [2.75, 3.05) is 7.11 Å². The molecule has 0 saturated heterocycles. The summed E-state index contributed by atoms with van der Waals surface area (Å²) >= 11 is 5.88. The van der Waals surface area contributed by atoms with Gasteiger partial charge in [-0.3, -0.25) is 9.59 Å². The Kier molecular flexibility index (Phi) is 4.95. The summed E-state index contributed by atoms with van der Waals surface area (Å²) in [4.78, 5) is 24.4. The summed E-state index contributed by atoms with van der Waals surface area (Å²) in [6.45, 7) is -0.132. The molecule has 3 aromatic rings. The van der Waals surface area contributed by atoms with Crippen LogP contribution in [0.3, 0.4) is 0 Å². The number of aromatic nitrogens is 2. The molecule has 0 amide bonds. The summed E-state index contributed by atoms with van der Waals surface area (Å²) in [6, 6.07) is 16.9. The Hall–Kier alpha value is -2.92. The van der Waals surface area contributed by atoms with Crippen LogP contribution in [0.2, 0.25) is 5.02 Å². The molecule has 2 aromatic carbocycles. The molecule has 1 aromatic heterocycles. The number of hydrogen-bond acceptors (Lipinski definition) is 4. The molecular formula is C19H15ClN2O3. The number of carbonyl (C=O) groups excluding carboxylic acids is 1. The van der Waals surface area contributed by atoms with Crippen molar-refractivity contribution < 1.29 is 9.53 Å². The fourth-order valence-corrected chi connectivity index (χ4v) is 2.47. The van der Waals surface area contributed by atoms with Gasteiger partial charge in [-0.15, -0.1) is 0 Å². The van der Waals surface area contributed by atoms with Gasteiger partial charge in [0, 0.05) is 22.2 Å².